The number of amides is 1. The van der Waals surface area contributed by atoms with Crippen molar-refractivity contribution in [3.8, 4) is 0 Å². The Morgan fingerprint density at radius 1 is 1.17 bits per heavy atom. The normalized spacial score (nSPS) is 10.1. The Labute approximate surface area is 139 Å². The molecule has 0 aliphatic carbocycles. The first kappa shape index (κ1) is 17.3. The summed E-state index contributed by atoms with van der Waals surface area (Å²) in [5.41, 5.74) is 7.09. The van der Waals surface area contributed by atoms with Crippen LogP contribution < -0.4 is 16.0 Å². The van der Waals surface area contributed by atoms with Crippen molar-refractivity contribution in [2.75, 3.05) is 36.7 Å². The zero-order valence-electron chi connectivity index (χ0n) is 13.4. The standard InChI is InChI=1S/C17H18FN3O3/c1-21(2)13-6-4-12(5-7-13)20-16(22)10-24-17(23)14-8-3-11(18)9-15(14)19/h3-9H,10,19H2,1-2H3,(H,20,22). The van der Waals surface area contributed by atoms with Gasteiger partial charge in [0.15, 0.2) is 6.61 Å². The molecule has 0 saturated carbocycles. The van der Waals surface area contributed by atoms with Crippen molar-refractivity contribution in [1.82, 2.24) is 0 Å². The molecule has 0 radical (unpaired) electrons. The molecule has 126 valence electrons. The summed E-state index contributed by atoms with van der Waals surface area (Å²) < 4.78 is 17.8. The van der Waals surface area contributed by atoms with Crippen LogP contribution in [0, 0.1) is 5.82 Å². The number of nitrogens with two attached hydrogens (primary N) is 1. The zero-order valence-corrected chi connectivity index (χ0v) is 13.4. The van der Waals surface area contributed by atoms with Crippen LogP contribution in [0.3, 0.4) is 0 Å². The lowest BCUT2D eigenvalue weighted by atomic mass is 10.2. The molecule has 0 fully saturated rings. The smallest absolute Gasteiger partial charge is 0.340 e. The topological polar surface area (TPSA) is 84.7 Å². The third-order valence-electron chi connectivity index (χ3n) is 3.24. The lowest BCUT2D eigenvalue weighted by molar-refractivity contribution is -0.119. The number of carbonyl (C=O) groups excluding carboxylic acids is 2. The molecule has 1 amide bonds. The molecule has 0 spiro atoms. The van der Waals surface area contributed by atoms with Gasteiger partial charge in [0.25, 0.3) is 5.91 Å². The van der Waals surface area contributed by atoms with Crippen LogP contribution in [0.5, 0.6) is 0 Å². The molecule has 0 aliphatic rings. The molecule has 0 atom stereocenters. The number of nitrogens with one attached hydrogen (secondary N) is 1. The van der Waals surface area contributed by atoms with E-state index in [1.54, 1.807) is 12.1 Å². The largest absolute Gasteiger partial charge is 0.452 e. The Hall–Kier alpha value is -3.09. The quantitative estimate of drug-likeness (QED) is 0.648. The number of anilines is 3. The number of ether oxygens (including phenoxy) is 1. The Morgan fingerprint density at radius 3 is 2.42 bits per heavy atom. The Balaban J connectivity index is 1.89. The average Bonchev–Trinajstić information content (AvgIpc) is 2.53. The second-order valence-electron chi connectivity index (χ2n) is 5.30. The molecule has 2 rings (SSSR count). The molecular weight excluding hydrogens is 313 g/mol. The first-order valence-electron chi connectivity index (χ1n) is 7.16. The molecule has 0 heterocycles. The molecule has 0 bridgehead atoms. The SMILES string of the molecule is CN(C)c1ccc(NC(=O)COC(=O)c2ccc(F)cc2N)cc1. The summed E-state index contributed by atoms with van der Waals surface area (Å²) in [6.07, 6.45) is 0. The number of nitrogen functional groups attached to an aromatic ring is 1. The highest BCUT2D eigenvalue weighted by Gasteiger charge is 2.14. The van der Waals surface area contributed by atoms with Crippen LogP contribution in [-0.2, 0) is 9.53 Å². The monoisotopic (exact) mass is 331 g/mol. The fourth-order valence-corrected chi connectivity index (χ4v) is 1.97. The van der Waals surface area contributed by atoms with Crippen molar-refractivity contribution in [2.45, 2.75) is 0 Å². The van der Waals surface area contributed by atoms with Gasteiger partial charge in [-0.2, -0.15) is 0 Å². The molecule has 7 heteroatoms. The number of rotatable bonds is 5. The Morgan fingerprint density at radius 2 is 1.83 bits per heavy atom. The van der Waals surface area contributed by atoms with Crippen LogP contribution in [0.1, 0.15) is 10.4 Å². The first-order chi connectivity index (χ1) is 11.4. The summed E-state index contributed by atoms with van der Waals surface area (Å²) in [4.78, 5) is 25.6. The predicted molar refractivity (Wildman–Crippen MR) is 90.5 cm³/mol. The van der Waals surface area contributed by atoms with E-state index >= 15 is 0 Å². The van der Waals surface area contributed by atoms with E-state index in [1.807, 2.05) is 31.1 Å². The van der Waals surface area contributed by atoms with Gasteiger partial charge in [-0.25, -0.2) is 9.18 Å². The minimum atomic E-state index is -0.786. The summed E-state index contributed by atoms with van der Waals surface area (Å²) in [6.45, 7) is -0.467. The second kappa shape index (κ2) is 7.45. The molecular formula is C17H18FN3O3. The van der Waals surface area contributed by atoms with E-state index in [0.29, 0.717) is 5.69 Å². The van der Waals surface area contributed by atoms with Gasteiger partial charge in [0.05, 0.1) is 5.56 Å². The molecule has 2 aromatic rings. The minimum absolute atomic E-state index is 0.0135. The number of halogens is 1. The van der Waals surface area contributed by atoms with Crippen molar-refractivity contribution in [3.05, 3.63) is 53.8 Å². The van der Waals surface area contributed by atoms with Gasteiger partial charge in [0.1, 0.15) is 5.82 Å². The van der Waals surface area contributed by atoms with Gasteiger partial charge in [-0.3, -0.25) is 4.79 Å². The second-order valence-corrected chi connectivity index (χ2v) is 5.30. The van der Waals surface area contributed by atoms with Crippen LogP contribution in [0.15, 0.2) is 42.5 Å². The summed E-state index contributed by atoms with van der Waals surface area (Å²) in [7, 11) is 3.82. The van der Waals surface area contributed by atoms with E-state index in [1.165, 1.54) is 6.07 Å². The fourth-order valence-electron chi connectivity index (χ4n) is 1.97. The maximum Gasteiger partial charge on any atom is 0.340 e. The number of hydrogen-bond donors (Lipinski definition) is 2. The maximum atomic E-state index is 12.9. The highest BCUT2D eigenvalue weighted by atomic mass is 19.1. The fraction of sp³-hybridized carbons (Fsp3) is 0.176. The molecule has 0 aromatic heterocycles. The van der Waals surface area contributed by atoms with E-state index in [9.17, 15) is 14.0 Å². The molecule has 0 saturated heterocycles. The van der Waals surface area contributed by atoms with Crippen LogP contribution in [0.2, 0.25) is 0 Å². The van der Waals surface area contributed by atoms with Gasteiger partial charge in [-0.05, 0) is 42.5 Å². The van der Waals surface area contributed by atoms with E-state index in [0.717, 1.165) is 17.8 Å². The number of nitrogens with zero attached hydrogens (tertiary/aromatic N) is 1. The van der Waals surface area contributed by atoms with E-state index < -0.39 is 24.3 Å². The number of carbonyl (C=O) groups is 2. The highest BCUT2D eigenvalue weighted by Crippen LogP contribution is 2.16. The third kappa shape index (κ3) is 4.45. The van der Waals surface area contributed by atoms with Gasteiger partial charge in [0, 0.05) is 31.2 Å². The van der Waals surface area contributed by atoms with Crippen LogP contribution in [0.25, 0.3) is 0 Å². The van der Waals surface area contributed by atoms with Crippen molar-refractivity contribution < 1.29 is 18.7 Å². The lowest BCUT2D eigenvalue weighted by Gasteiger charge is -2.13. The molecule has 3 N–H and O–H groups in total. The van der Waals surface area contributed by atoms with Gasteiger partial charge >= 0.3 is 5.97 Å². The van der Waals surface area contributed by atoms with Crippen molar-refractivity contribution in [3.63, 3.8) is 0 Å². The van der Waals surface area contributed by atoms with Gasteiger partial charge < -0.3 is 20.7 Å². The predicted octanol–water partition coefficient (Wildman–Crippen LogP) is 2.27. The molecule has 6 nitrogen and oxygen atoms in total. The molecule has 0 unspecified atom stereocenters. The Kier molecular flexibility index (Phi) is 5.36. The van der Waals surface area contributed by atoms with Crippen molar-refractivity contribution in [2.24, 2.45) is 0 Å². The highest BCUT2D eigenvalue weighted by molar-refractivity contribution is 5.98. The van der Waals surface area contributed by atoms with Gasteiger partial charge in [-0.1, -0.05) is 0 Å². The lowest BCUT2D eigenvalue weighted by Crippen LogP contribution is -2.21. The number of benzene rings is 2. The minimum Gasteiger partial charge on any atom is -0.452 e. The van der Waals surface area contributed by atoms with Gasteiger partial charge in [-0.15, -0.1) is 0 Å². The van der Waals surface area contributed by atoms with Crippen LogP contribution in [0.4, 0.5) is 21.5 Å². The molecule has 0 aliphatic heterocycles. The molecule has 2 aromatic carbocycles. The van der Waals surface area contributed by atoms with Crippen molar-refractivity contribution >= 4 is 28.9 Å². The summed E-state index contributed by atoms with van der Waals surface area (Å²) >= 11 is 0. The van der Waals surface area contributed by atoms with Crippen LogP contribution >= 0.6 is 0 Å². The molecule has 24 heavy (non-hydrogen) atoms. The van der Waals surface area contributed by atoms with E-state index in [2.05, 4.69) is 5.32 Å². The number of hydrogen-bond acceptors (Lipinski definition) is 5. The van der Waals surface area contributed by atoms with E-state index in [4.69, 9.17) is 10.5 Å². The van der Waals surface area contributed by atoms with E-state index in [-0.39, 0.29) is 11.3 Å². The number of esters is 1. The third-order valence-corrected chi connectivity index (χ3v) is 3.24. The maximum absolute atomic E-state index is 12.9. The summed E-state index contributed by atoms with van der Waals surface area (Å²) in [5, 5.41) is 2.61. The first-order valence-corrected chi connectivity index (χ1v) is 7.16. The summed E-state index contributed by atoms with van der Waals surface area (Å²) in [5.74, 6) is -1.82. The van der Waals surface area contributed by atoms with Crippen LogP contribution in [-0.4, -0.2) is 32.6 Å². The van der Waals surface area contributed by atoms with Crippen molar-refractivity contribution in [1.29, 1.82) is 0 Å². The average molecular weight is 331 g/mol. The van der Waals surface area contributed by atoms with Gasteiger partial charge in [0.2, 0.25) is 0 Å². The summed E-state index contributed by atoms with van der Waals surface area (Å²) in [6, 6.07) is 10.5. The Bertz CT molecular complexity index is 745. The zero-order chi connectivity index (χ0) is 17.7.